The summed E-state index contributed by atoms with van der Waals surface area (Å²) in [6, 6.07) is 17.5. The molecule has 0 fully saturated rings. The fourth-order valence-corrected chi connectivity index (χ4v) is 4.33. The van der Waals surface area contributed by atoms with E-state index in [0.717, 1.165) is 16.8 Å². The molecule has 3 aromatic rings. The van der Waals surface area contributed by atoms with Gasteiger partial charge in [-0.3, -0.25) is 9.36 Å². The molecule has 7 nitrogen and oxygen atoms in total. The van der Waals surface area contributed by atoms with Crippen molar-refractivity contribution in [2.24, 2.45) is 10.9 Å². The van der Waals surface area contributed by atoms with Gasteiger partial charge < -0.3 is 10.1 Å². The van der Waals surface area contributed by atoms with Gasteiger partial charge in [-0.2, -0.15) is 4.98 Å². The van der Waals surface area contributed by atoms with E-state index in [0.29, 0.717) is 22.9 Å². The number of allylic oxidation sites excluding steroid dienone is 1. The van der Waals surface area contributed by atoms with Crippen LogP contribution in [0.5, 0.6) is 0 Å². The largest absolute Gasteiger partial charge is 0.465 e. The van der Waals surface area contributed by atoms with Crippen LogP contribution in [-0.4, -0.2) is 27.8 Å². The summed E-state index contributed by atoms with van der Waals surface area (Å²) in [7, 11) is 0. The lowest BCUT2D eigenvalue weighted by Crippen LogP contribution is -2.36. The van der Waals surface area contributed by atoms with Gasteiger partial charge in [0.25, 0.3) is 0 Å². The topological polar surface area (TPSA) is 85.6 Å². The molecule has 2 heterocycles. The minimum atomic E-state index is -0.648. The first-order valence-electron chi connectivity index (χ1n) is 11.3. The number of carbonyl (C=O) groups is 1. The second kappa shape index (κ2) is 9.87. The number of rotatable bonds is 7. The molecule has 174 valence electrons. The van der Waals surface area contributed by atoms with Crippen LogP contribution in [0.15, 0.2) is 77.0 Å². The third-order valence-electron chi connectivity index (χ3n) is 5.89. The number of nitrogens with zero attached hydrogens (tertiary/aromatic N) is 3. The Kier molecular flexibility index (Phi) is 6.72. The Hall–Kier alpha value is -4.00. The fourth-order valence-electron chi connectivity index (χ4n) is 4.33. The Morgan fingerprint density at radius 1 is 1.15 bits per heavy atom. The molecular formula is C27H28N4O3. The van der Waals surface area contributed by atoms with Gasteiger partial charge in [-0.05, 0) is 38.5 Å². The lowest BCUT2D eigenvalue weighted by molar-refractivity contribution is -0.146. The van der Waals surface area contributed by atoms with Crippen LogP contribution < -0.4 is 11.0 Å². The SMILES string of the molecule is C=CCn1c2c(c(Nc3ccc(C)cc3)nc1=O)C(c1ccccc1)C(C(=O)OCC)C(C)=N2. The summed E-state index contributed by atoms with van der Waals surface area (Å²) >= 11 is 0. The number of esters is 1. The number of nitrogens with one attached hydrogen (secondary N) is 1. The van der Waals surface area contributed by atoms with Crippen molar-refractivity contribution in [3.8, 4) is 0 Å². The molecule has 34 heavy (non-hydrogen) atoms. The summed E-state index contributed by atoms with van der Waals surface area (Å²) in [4.78, 5) is 35.3. The van der Waals surface area contributed by atoms with E-state index in [-0.39, 0.29) is 19.1 Å². The third-order valence-corrected chi connectivity index (χ3v) is 5.89. The van der Waals surface area contributed by atoms with E-state index in [2.05, 4.69) is 16.9 Å². The molecule has 0 amide bonds. The molecule has 7 heteroatoms. The average molecular weight is 457 g/mol. The molecule has 4 rings (SSSR count). The van der Waals surface area contributed by atoms with Crippen molar-refractivity contribution in [2.75, 3.05) is 11.9 Å². The van der Waals surface area contributed by atoms with Crippen LogP contribution >= 0.6 is 0 Å². The quantitative estimate of drug-likeness (QED) is 0.404. The van der Waals surface area contributed by atoms with E-state index in [1.807, 2.05) is 61.5 Å². The maximum absolute atomic E-state index is 13.2. The molecule has 2 aromatic carbocycles. The molecule has 0 bridgehead atoms. The summed E-state index contributed by atoms with van der Waals surface area (Å²) < 4.78 is 6.94. The Bertz CT molecular complexity index is 1290. The van der Waals surface area contributed by atoms with Crippen LogP contribution in [0.4, 0.5) is 17.3 Å². The molecular weight excluding hydrogens is 428 g/mol. The van der Waals surface area contributed by atoms with Gasteiger partial charge in [-0.1, -0.05) is 54.1 Å². The molecule has 1 aliphatic heterocycles. The summed E-state index contributed by atoms with van der Waals surface area (Å²) in [5.41, 5.74) is 3.64. The van der Waals surface area contributed by atoms with Crippen molar-refractivity contribution in [1.82, 2.24) is 9.55 Å². The standard InChI is InChI=1S/C27H28N4O3/c1-5-16-31-25-23(24(30-27(31)33)29-20-14-12-17(3)13-15-20)22(19-10-8-7-9-11-19)21(18(4)28-25)26(32)34-6-2/h5,7-15,21-22H,1,6,16H2,2-4H3,(H,29,30,33). The van der Waals surface area contributed by atoms with Crippen LogP contribution in [0.25, 0.3) is 0 Å². The molecule has 1 aliphatic rings. The van der Waals surface area contributed by atoms with Crippen LogP contribution in [0.2, 0.25) is 0 Å². The number of hydrogen-bond acceptors (Lipinski definition) is 6. The van der Waals surface area contributed by atoms with Crippen molar-refractivity contribution in [2.45, 2.75) is 33.2 Å². The number of aryl methyl sites for hydroxylation is 1. The van der Waals surface area contributed by atoms with Gasteiger partial charge in [0, 0.05) is 29.4 Å². The average Bonchev–Trinajstić information content (AvgIpc) is 2.83. The highest BCUT2D eigenvalue weighted by atomic mass is 16.5. The van der Waals surface area contributed by atoms with Crippen LogP contribution in [-0.2, 0) is 16.1 Å². The normalized spacial score (nSPS) is 16.9. The monoisotopic (exact) mass is 456 g/mol. The highest BCUT2D eigenvalue weighted by Crippen LogP contribution is 2.45. The second-order valence-corrected chi connectivity index (χ2v) is 8.24. The molecule has 1 N–H and O–H groups in total. The Labute approximate surface area is 198 Å². The first kappa shape index (κ1) is 23.2. The van der Waals surface area contributed by atoms with Crippen LogP contribution in [0.3, 0.4) is 0 Å². The Morgan fingerprint density at radius 3 is 2.50 bits per heavy atom. The van der Waals surface area contributed by atoms with Crippen molar-refractivity contribution in [3.63, 3.8) is 0 Å². The fraction of sp³-hybridized carbons (Fsp3) is 0.259. The summed E-state index contributed by atoms with van der Waals surface area (Å²) in [6.07, 6.45) is 1.64. The minimum absolute atomic E-state index is 0.251. The molecule has 0 saturated carbocycles. The van der Waals surface area contributed by atoms with E-state index in [9.17, 15) is 9.59 Å². The zero-order valence-electron chi connectivity index (χ0n) is 19.6. The maximum atomic E-state index is 13.2. The van der Waals surface area contributed by atoms with Gasteiger partial charge in [0.15, 0.2) is 0 Å². The number of ether oxygens (including phenoxy) is 1. The number of hydrogen-bond donors (Lipinski definition) is 1. The van der Waals surface area contributed by atoms with Gasteiger partial charge >= 0.3 is 11.7 Å². The number of aliphatic imine (C=N–C) groups is 1. The zero-order valence-corrected chi connectivity index (χ0v) is 19.6. The molecule has 0 saturated heterocycles. The third kappa shape index (κ3) is 4.41. The van der Waals surface area contributed by atoms with Crippen molar-refractivity contribution < 1.29 is 9.53 Å². The first-order valence-corrected chi connectivity index (χ1v) is 11.3. The van der Waals surface area contributed by atoms with Crippen molar-refractivity contribution in [3.05, 3.63) is 94.4 Å². The highest BCUT2D eigenvalue weighted by molar-refractivity contribution is 6.05. The summed E-state index contributed by atoms with van der Waals surface area (Å²) in [6.45, 7) is 9.89. The van der Waals surface area contributed by atoms with E-state index < -0.39 is 17.5 Å². The second-order valence-electron chi connectivity index (χ2n) is 8.24. The molecule has 2 atom stereocenters. The molecule has 1 aromatic heterocycles. The summed E-state index contributed by atoms with van der Waals surface area (Å²) in [5, 5.41) is 3.30. The molecule has 0 spiro atoms. The molecule has 2 unspecified atom stereocenters. The highest BCUT2D eigenvalue weighted by Gasteiger charge is 2.41. The lowest BCUT2D eigenvalue weighted by Gasteiger charge is -2.33. The smallest absolute Gasteiger partial charge is 0.351 e. The number of benzene rings is 2. The van der Waals surface area contributed by atoms with Gasteiger partial charge in [-0.25, -0.2) is 9.79 Å². The van der Waals surface area contributed by atoms with Gasteiger partial charge in [0.1, 0.15) is 17.6 Å². The van der Waals surface area contributed by atoms with Crippen LogP contribution in [0.1, 0.15) is 36.5 Å². The van der Waals surface area contributed by atoms with E-state index in [1.54, 1.807) is 19.9 Å². The number of aromatic nitrogens is 2. The van der Waals surface area contributed by atoms with Crippen molar-refractivity contribution in [1.29, 1.82) is 0 Å². The number of fused-ring (bicyclic) bond motifs is 1. The zero-order chi connectivity index (χ0) is 24.2. The maximum Gasteiger partial charge on any atom is 0.351 e. The predicted octanol–water partition coefficient (Wildman–Crippen LogP) is 4.90. The number of carbonyl (C=O) groups excluding carboxylic acids is 1. The van der Waals surface area contributed by atoms with Gasteiger partial charge in [0.2, 0.25) is 0 Å². The Morgan fingerprint density at radius 2 is 1.85 bits per heavy atom. The van der Waals surface area contributed by atoms with E-state index in [1.165, 1.54) is 4.57 Å². The van der Waals surface area contributed by atoms with Gasteiger partial charge in [0.05, 0.1) is 6.61 Å². The van der Waals surface area contributed by atoms with Crippen molar-refractivity contribution >= 4 is 29.0 Å². The first-order chi connectivity index (χ1) is 16.4. The Balaban J connectivity index is 2.00. The summed E-state index contributed by atoms with van der Waals surface area (Å²) in [5.74, 6) is -0.592. The van der Waals surface area contributed by atoms with E-state index in [4.69, 9.17) is 9.73 Å². The van der Waals surface area contributed by atoms with Gasteiger partial charge in [-0.15, -0.1) is 6.58 Å². The molecule has 0 aliphatic carbocycles. The molecule has 0 radical (unpaired) electrons. The number of anilines is 2. The van der Waals surface area contributed by atoms with E-state index >= 15 is 0 Å². The predicted molar refractivity (Wildman–Crippen MR) is 134 cm³/mol. The lowest BCUT2D eigenvalue weighted by atomic mass is 9.76. The van der Waals surface area contributed by atoms with Crippen LogP contribution in [0, 0.1) is 12.8 Å². The minimum Gasteiger partial charge on any atom is -0.465 e.